The molecule has 0 fully saturated rings. The molecule has 0 aliphatic heterocycles. The lowest BCUT2D eigenvalue weighted by Gasteiger charge is -2.09. The summed E-state index contributed by atoms with van der Waals surface area (Å²) in [6, 6.07) is 8.84. The minimum Gasteiger partial charge on any atom is -0.506 e. The van der Waals surface area contributed by atoms with Crippen LogP contribution in [0.3, 0.4) is 0 Å². The van der Waals surface area contributed by atoms with Crippen molar-refractivity contribution in [1.29, 1.82) is 0 Å². The van der Waals surface area contributed by atoms with Crippen molar-refractivity contribution in [2.45, 2.75) is 145 Å². The summed E-state index contributed by atoms with van der Waals surface area (Å²) in [7, 11) is 0. The van der Waals surface area contributed by atoms with Gasteiger partial charge in [-0.2, -0.15) is 4.73 Å². The number of rotatable bonds is 7. The Hall–Kier alpha value is -8.46. The number of nitrogens with zero attached hydrogens (tertiary/aromatic N) is 2. The van der Waals surface area contributed by atoms with Crippen LogP contribution in [-0.4, -0.2) is 75.6 Å². The smallest absolute Gasteiger partial charge is 0.290 e. The van der Waals surface area contributed by atoms with Crippen LogP contribution in [0.5, 0.6) is 40.2 Å². The van der Waals surface area contributed by atoms with E-state index in [1.54, 1.807) is 31.5 Å². The third-order valence-corrected chi connectivity index (χ3v) is 11.6. The number of halogens is 1. The van der Waals surface area contributed by atoms with E-state index in [9.17, 15) is 44.2 Å². The molecule has 22 heteroatoms. The highest BCUT2D eigenvalue weighted by atomic mass is 35.5. The molecule has 432 valence electrons. The lowest BCUT2D eigenvalue weighted by atomic mass is 10.1. The molecule has 0 bridgehead atoms. The summed E-state index contributed by atoms with van der Waals surface area (Å²) in [6.45, 7) is 29.0. The highest BCUT2D eigenvalue weighted by molar-refractivity contribution is 6.31. The van der Waals surface area contributed by atoms with E-state index in [1.807, 2.05) is 83.1 Å². The van der Waals surface area contributed by atoms with Crippen molar-refractivity contribution >= 4 is 11.6 Å². The summed E-state index contributed by atoms with van der Waals surface area (Å²) in [5.74, 6) is 0.134. The van der Waals surface area contributed by atoms with Crippen molar-refractivity contribution in [2.24, 2.45) is 0 Å². The summed E-state index contributed by atoms with van der Waals surface area (Å²) in [6.07, 6.45) is 9.82. The zero-order chi connectivity index (χ0) is 60.8. The number of aromatic amines is 5. The van der Waals surface area contributed by atoms with E-state index in [0.717, 1.165) is 27.9 Å². The van der Waals surface area contributed by atoms with Gasteiger partial charge in [0.15, 0.2) is 34.5 Å². The average molecular weight is 1120 g/mol. The second kappa shape index (κ2) is 32.3. The van der Waals surface area contributed by atoms with E-state index in [4.69, 9.17) is 37.1 Å². The third-order valence-electron chi connectivity index (χ3n) is 11.2. The van der Waals surface area contributed by atoms with E-state index >= 15 is 0 Å². The van der Waals surface area contributed by atoms with Crippen LogP contribution in [0, 0.1) is 6.92 Å². The van der Waals surface area contributed by atoms with Gasteiger partial charge in [0.2, 0.25) is 27.1 Å². The second-order valence-electron chi connectivity index (χ2n) is 20.0. The molecule has 7 rings (SSSR count). The largest absolute Gasteiger partial charge is 0.506 e. The fourth-order valence-corrected chi connectivity index (χ4v) is 6.59. The third kappa shape index (κ3) is 22.2. The van der Waals surface area contributed by atoms with Gasteiger partial charge in [-0.05, 0) is 72.1 Å². The number of nitrogens with one attached hydrogen (secondary N) is 5. The van der Waals surface area contributed by atoms with Gasteiger partial charge in [0, 0.05) is 78.0 Å². The molecule has 21 nitrogen and oxygen atoms in total. The standard InChI is InChI=1S/C9H13NO.C8H10ClNO2.C8H11NO3.4C8H11NO2/c1-6(2)8-4-9(11)7(3)10-5-8;1-4(2)7-6(9)8(12)5(11)3-10-7;1-5(2)6-3-7(10)8(11)4-9(6)12;1-5(2)6-3-9-4-7(10)8(6)11;1-5(2)6-3-7(10)8(11)4-9-6;1-5(2)7-8(11)6(10)3-4-9-7;1-5(2)6-3-4-7(10)8(11)9-6/h4-6,11H,1-3H3;3-4,11H,1-2H3,(H,10,12);3-5,11-12H,1-2H3;3-5,10H,1-2H3,(H,9,11);2*3-5,11H,1-2H3,(H,9,10);3-5,10H,1-2H3,(H,9,11). The topological polar surface area (TPSA) is 361 Å². The molecule has 79 heavy (non-hydrogen) atoms. The molecule has 0 radical (unpaired) electrons. The van der Waals surface area contributed by atoms with Crippen molar-refractivity contribution in [3.63, 3.8) is 0 Å². The Balaban J connectivity index is 0.000000461. The summed E-state index contributed by atoms with van der Waals surface area (Å²) < 4.78 is 0.765. The predicted molar refractivity (Wildman–Crippen MR) is 307 cm³/mol. The van der Waals surface area contributed by atoms with E-state index < -0.39 is 22.2 Å². The Labute approximate surface area is 462 Å². The number of aromatic nitrogens is 7. The maximum absolute atomic E-state index is 11.1. The Bertz CT molecular complexity index is 3330. The molecule has 13 N–H and O–H groups in total. The first-order valence-corrected chi connectivity index (χ1v) is 25.6. The van der Waals surface area contributed by atoms with Crippen LogP contribution in [0.4, 0.5) is 0 Å². The van der Waals surface area contributed by atoms with Gasteiger partial charge in [0.05, 0.1) is 23.3 Å². The molecule has 0 aliphatic carbocycles. The Morgan fingerprint density at radius 1 is 0.506 bits per heavy atom. The van der Waals surface area contributed by atoms with E-state index in [2.05, 4.69) is 43.8 Å². The summed E-state index contributed by atoms with van der Waals surface area (Å²) in [5, 5.41) is 72.4. The Kier molecular flexibility index (Phi) is 28.0. The molecule has 0 saturated carbocycles. The molecule has 0 spiro atoms. The molecular formula is C57H78ClN7O14. The van der Waals surface area contributed by atoms with Crippen LogP contribution in [0.15, 0.2) is 109 Å². The quantitative estimate of drug-likeness (QED) is 0.0660. The number of aromatic hydroxyl groups is 7. The highest BCUT2D eigenvalue weighted by Gasteiger charge is 2.12. The number of hydrogen-bond donors (Lipinski definition) is 13. The van der Waals surface area contributed by atoms with Crippen molar-refractivity contribution in [2.75, 3.05) is 0 Å². The lowest BCUT2D eigenvalue weighted by Crippen LogP contribution is -2.10. The predicted octanol–water partition coefficient (Wildman–Crippen LogP) is 9.81. The number of hydrogen-bond acceptors (Lipinski definition) is 15. The minimum absolute atomic E-state index is 0.0447. The molecule has 0 unspecified atom stereocenters. The van der Waals surface area contributed by atoms with Crippen LogP contribution >= 0.6 is 11.6 Å². The van der Waals surface area contributed by atoms with Crippen molar-refractivity contribution in [3.05, 3.63) is 192 Å². The summed E-state index contributed by atoms with van der Waals surface area (Å²) in [4.78, 5) is 83.5. The maximum atomic E-state index is 11.1. The van der Waals surface area contributed by atoms with Gasteiger partial charge in [-0.25, -0.2) is 0 Å². The molecule has 7 aromatic heterocycles. The van der Waals surface area contributed by atoms with Gasteiger partial charge in [-0.3, -0.25) is 33.8 Å². The van der Waals surface area contributed by atoms with Crippen molar-refractivity contribution in [1.82, 2.24) is 34.6 Å². The van der Waals surface area contributed by atoms with Crippen LogP contribution in [-0.2, 0) is 0 Å². The van der Waals surface area contributed by atoms with E-state index in [-0.39, 0.29) is 91.3 Å². The summed E-state index contributed by atoms with van der Waals surface area (Å²) >= 11 is 5.69. The molecule has 7 heterocycles. The first-order valence-electron chi connectivity index (χ1n) is 25.2. The zero-order valence-electron chi connectivity index (χ0n) is 47.3. The van der Waals surface area contributed by atoms with Gasteiger partial charge < -0.3 is 65.9 Å². The molecule has 0 aliphatic rings. The average Bonchev–Trinajstić information content (AvgIpc) is 3.37. The molecular weight excluding hydrogens is 1040 g/mol. The van der Waals surface area contributed by atoms with Gasteiger partial charge >= 0.3 is 0 Å². The Morgan fingerprint density at radius 2 is 1.06 bits per heavy atom. The molecule has 0 aromatic carbocycles. The zero-order valence-corrected chi connectivity index (χ0v) is 48.1. The van der Waals surface area contributed by atoms with E-state index in [1.165, 1.54) is 49.1 Å². The first-order chi connectivity index (χ1) is 36.6. The molecule has 0 saturated heterocycles. The fraction of sp³-hybridized carbons (Fsp3) is 0.386. The van der Waals surface area contributed by atoms with Crippen LogP contribution in [0.25, 0.3) is 0 Å². The van der Waals surface area contributed by atoms with Crippen LogP contribution in [0.1, 0.15) is 184 Å². The number of H-pyrrole nitrogens is 5. The maximum Gasteiger partial charge on any atom is 0.290 e. The van der Waals surface area contributed by atoms with Crippen molar-refractivity contribution in [3.8, 4) is 40.2 Å². The normalized spacial score (nSPS) is 10.5. The van der Waals surface area contributed by atoms with Crippen molar-refractivity contribution < 1.29 is 41.0 Å². The number of aryl methyl sites for hydroxylation is 1. The van der Waals surface area contributed by atoms with Gasteiger partial charge in [0.25, 0.3) is 5.56 Å². The minimum atomic E-state index is -0.515. The van der Waals surface area contributed by atoms with Crippen LogP contribution < -0.4 is 32.7 Å². The SMILES string of the molecule is CC(C)c1[nH]cc(O)c(=O)c1Cl.CC(C)c1[nH]ccc(=O)c1O.CC(C)c1c[nH]cc(O)c1=O.CC(C)c1cc(=O)c(O)c[nH]1.CC(C)c1cc(=O)c(O)cn1O.CC(C)c1ccc(O)c(=O)[nH]1.Cc1ncc(C(C)C)cc1O. The molecule has 7 aromatic rings. The van der Waals surface area contributed by atoms with E-state index in [0.29, 0.717) is 34.3 Å². The fourth-order valence-electron chi connectivity index (χ4n) is 6.22. The van der Waals surface area contributed by atoms with Gasteiger partial charge in [0.1, 0.15) is 10.8 Å². The monoisotopic (exact) mass is 1120 g/mol. The highest BCUT2D eigenvalue weighted by Crippen LogP contribution is 2.22. The van der Waals surface area contributed by atoms with Gasteiger partial charge in [-0.15, -0.1) is 0 Å². The first kappa shape index (κ1) is 68.6. The second-order valence-corrected chi connectivity index (χ2v) is 20.4. The summed E-state index contributed by atoms with van der Waals surface area (Å²) in [5.41, 5.74) is 3.46. The number of pyridine rings is 7. The molecule has 0 atom stereocenters. The Morgan fingerprint density at radius 3 is 1.53 bits per heavy atom. The molecule has 0 amide bonds. The van der Waals surface area contributed by atoms with Crippen LogP contribution in [0.2, 0.25) is 5.02 Å². The van der Waals surface area contributed by atoms with Gasteiger partial charge in [-0.1, -0.05) is 109 Å². The lowest BCUT2D eigenvalue weighted by molar-refractivity contribution is 0.168.